The lowest BCUT2D eigenvalue weighted by molar-refractivity contribution is 0.104. The summed E-state index contributed by atoms with van der Waals surface area (Å²) in [5.41, 5.74) is 0.955. The minimum absolute atomic E-state index is 0.00674. The SMILES string of the molecule is CCS(=O)(=O)Nc1ccc(C(=O)C=Cc2cc(Br)cs2)cc1. The van der Waals surface area contributed by atoms with E-state index in [1.54, 1.807) is 37.3 Å². The maximum atomic E-state index is 12.0. The van der Waals surface area contributed by atoms with E-state index in [1.807, 2.05) is 11.4 Å². The zero-order valence-electron chi connectivity index (χ0n) is 11.7. The van der Waals surface area contributed by atoms with Crippen LogP contribution in [0.15, 0.2) is 46.3 Å². The number of sulfonamides is 1. The Morgan fingerprint density at radius 3 is 2.55 bits per heavy atom. The Kier molecular flexibility index (Phi) is 5.55. The molecule has 116 valence electrons. The molecule has 0 radical (unpaired) electrons. The highest BCUT2D eigenvalue weighted by Crippen LogP contribution is 2.21. The first-order valence-corrected chi connectivity index (χ1v) is 9.79. The number of rotatable bonds is 6. The molecule has 0 saturated heterocycles. The number of allylic oxidation sites excluding steroid dienone is 1. The van der Waals surface area contributed by atoms with Crippen LogP contribution in [0, 0.1) is 0 Å². The van der Waals surface area contributed by atoms with Crippen LogP contribution in [0.2, 0.25) is 0 Å². The number of anilines is 1. The van der Waals surface area contributed by atoms with Crippen molar-refractivity contribution in [2.24, 2.45) is 0 Å². The summed E-state index contributed by atoms with van der Waals surface area (Å²) in [7, 11) is -3.30. The molecule has 0 unspecified atom stereocenters. The predicted molar refractivity (Wildman–Crippen MR) is 94.9 cm³/mol. The van der Waals surface area contributed by atoms with Crippen molar-refractivity contribution in [3.05, 3.63) is 56.7 Å². The number of carbonyl (C=O) groups is 1. The Labute approximate surface area is 142 Å². The normalized spacial score (nSPS) is 11.7. The molecule has 0 aliphatic heterocycles. The molecule has 0 amide bonds. The number of benzene rings is 1. The summed E-state index contributed by atoms with van der Waals surface area (Å²) in [6.45, 7) is 1.56. The van der Waals surface area contributed by atoms with Crippen molar-refractivity contribution in [1.29, 1.82) is 0 Å². The van der Waals surface area contributed by atoms with Gasteiger partial charge >= 0.3 is 0 Å². The second kappa shape index (κ2) is 7.21. The van der Waals surface area contributed by atoms with Crippen molar-refractivity contribution >= 4 is 54.8 Å². The van der Waals surface area contributed by atoms with Crippen LogP contribution in [0.5, 0.6) is 0 Å². The highest BCUT2D eigenvalue weighted by atomic mass is 79.9. The van der Waals surface area contributed by atoms with Crippen molar-refractivity contribution in [3.8, 4) is 0 Å². The van der Waals surface area contributed by atoms with Gasteiger partial charge in [0, 0.05) is 26.0 Å². The molecule has 1 aromatic carbocycles. The average molecular weight is 400 g/mol. The first-order valence-electron chi connectivity index (χ1n) is 6.46. The van der Waals surface area contributed by atoms with Gasteiger partial charge in [0.1, 0.15) is 0 Å². The molecule has 0 fully saturated rings. The van der Waals surface area contributed by atoms with Gasteiger partial charge in [0.2, 0.25) is 10.0 Å². The highest BCUT2D eigenvalue weighted by Gasteiger charge is 2.07. The summed E-state index contributed by atoms with van der Waals surface area (Å²) in [5, 5.41) is 1.94. The topological polar surface area (TPSA) is 63.2 Å². The van der Waals surface area contributed by atoms with Crippen LogP contribution in [-0.2, 0) is 10.0 Å². The molecule has 0 spiro atoms. The Balaban J connectivity index is 2.06. The summed E-state index contributed by atoms with van der Waals surface area (Å²) >= 11 is 4.89. The summed E-state index contributed by atoms with van der Waals surface area (Å²) in [6, 6.07) is 8.29. The fraction of sp³-hybridized carbons (Fsp3) is 0.133. The third-order valence-corrected chi connectivity index (χ3v) is 5.78. The van der Waals surface area contributed by atoms with Gasteiger partial charge in [-0.2, -0.15) is 0 Å². The van der Waals surface area contributed by atoms with Crippen LogP contribution in [0.25, 0.3) is 6.08 Å². The number of hydrogen-bond donors (Lipinski definition) is 1. The zero-order valence-corrected chi connectivity index (χ0v) is 15.0. The quantitative estimate of drug-likeness (QED) is 0.585. The van der Waals surface area contributed by atoms with Gasteiger partial charge < -0.3 is 0 Å². The van der Waals surface area contributed by atoms with E-state index in [1.165, 1.54) is 17.4 Å². The standard InChI is InChI=1S/C15H14BrNO3S2/c1-2-22(19,20)17-13-5-3-11(4-6-13)15(18)8-7-14-9-12(16)10-21-14/h3-10,17H,2H2,1H3. The van der Waals surface area contributed by atoms with Crippen molar-refractivity contribution in [1.82, 2.24) is 0 Å². The lowest BCUT2D eigenvalue weighted by atomic mass is 10.1. The number of hydrogen-bond acceptors (Lipinski definition) is 4. The van der Waals surface area contributed by atoms with Gasteiger partial charge in [-0.05, 0) is 65.3 Å². The van der Waals surface area contributed by atoms with Crippen LogP contribution >= 0.6 is 27.3 Å². The molecule has 22 heavy (non-hydrogen) atoms. The van der Waals surface area contributed by atoms with Gasteiger partial charge in [-0.3, -0.25) is 9.52 Å². The average Bonchev–Trinajstić information content (AvgIpc) is 2.91. The molecule has 0 atom stereocenters. The minimum Gasteiger partial charge on any atom is -0.289 e. The molecular formula is C15H14BrNO3S2. The number of ketones is 1. The maximum absolute atomic E-state index is 12.0. The second-order valence-corrected chi connectivity index (χ2v) is 8.32. The van der Waals surface area contributed by atoms with Crippen molar-refractivity contribution in [3.63, 3.8) is 0 Å². The Bertz CT molecular complexity index is 792. The van der Waals surface area contributed by atoms with E-state index in [2.05, 4.69) is 20.7 Å². The van der Waals surface area contributed by atoms with Crippen LogP contribution in [0.3, 0.4) is 0 Å². The minimum atomic E-state index is -3.30. The molecule has 0 aliphatic rings. The maximum Gasteiger partial charge on any atom is 0.232 e. The molecule has 1 heterocycles. The summed E-state index contributed by atoms with van der Waals surface area (Å²) in [4.78, 5) is 13.0. The van der Waals surface area contributed by atoms with E-state index >= 15 is 0 Å². The third kappa shape index (κ3) is 4.79. The van der Waals surface area contributed by atoms with E-state index < -0.39 is 10.0 Å². The number of carbonyl (C=O) groups excluding carboxylic acids is 1. The molecule has 0 bridgehead atoms. The molecule has 1 N–H and O–H groups in total. The Morgan fingerprint density at radius 2 is 2.00 bits per heavy atom. The van der Waals surface area contributed by atoms with Crippen LogP contribution in [0.4, 0.5) is 5.69 Å². The molecule has 0 aliphatic carbocycles. The van der Waals surface area contributed by atoms with Crippen molar-refractivity contribution in [2.75, 3.05) is 10.5 Å². The van der Waals surface area contributed by atoms with Crippen LogP contribution in [-0.4, -0.2) is 20.0 Å². The fourth-order valence-corrected chi connectivity index (χ4v) is 3.60. The number of thiophene rings is 1. The summed E-state index contributed by atoms with van der Waals surface area (Å²) in [5.74, 6) is -0.123. The number of halogens is 1. The predicted octanol–water partition coefficient (Wildman–Crippen LogP) is 4.17. The van der Waals surface area contributed by atoms with Crippen LogP contribution in [0.1, 0.15) is 22.2 Å². The number of nitrogens with one attached hydrogen (secondary N) is 1. The van der Waals surface area contributed by atoms with Crippen molar-refractivity contribution in [2.45, 2.75) is 6.92 Å². The van der Waals surface area contributed by atoms with Gasteiger partial charge in [0.15, 0.2) is 5.78 Å². The lowest BCUT2D eigenvalue weighted by Crippen LogP contribution is -2.14. The third-order valence-electron chi connectivity index (χ3n) is 2.81. The molecule has 0 saturated carbocycles. The van der Waals surface area contributed by atoms with E-state index in [0.29, 0.717) is 11.3 Å². The molecule has 7 heteroatoms. The molecule has 2 rings (SSSR count). The van der Waals surface area contributed by atoms with E-state index in [9.17, 15) is 13.2 Å². The van der Waals surface area contributed by atoms with Gasteiger partial charge in [-0.15, -0.1) is 11.3 Å². The van der Waals surface area contributed by atoms with Gasteiger partial charge in [0.05, 0.1) is 5.75 Å². The first kappa shape index (κ1) is 16.9. The summed E-state index contributed by atoms with van der Waals surface area (Å²) < 4.78 is 26.3. The van der Waals surface area contributed by atoms with Gasteiger partial charge in [-0.25, -0.2) is 8.42 Å². The largest absolute Gasteiger partial charge is 0.289 e. The van der Waals surface area contributed by atoms with E-state index in [4.69, 9.17) is 0 Å². The first-order chi connectivity index (χ1) is 10.4. The zero-order chi connectivity index (χ0) is 16.2. The second-order valence-electron chi connectivity index (χ2n) is 4.45. The molecular weight excluding hydrogens is 386 g/mol. The van der Waals surface area contributed by atoms with Crippen LogP contribution < -0.4 is 4.72 Å². The smallest absolute Gasteiger partial charge is 0.232 e. The Morgan fingerprint density at radius 1 is 1.32 bits per heavy atom. The van der Waals surface area contributed by atoms with Gasteiger partial charge in [-0.1, -0.05) is 0 Å². The van der Waals surface area contributed by atoms with Crippen molar-refractivity contribution < 1.29 is 13.2 Å². The fourth-order valence-electron chi connectivity index (χ4n) is 1.62. The Hall–Kier alpha value is -1.44. The van der Waals surface area contributed by atoms with E-state index in [-0.39, 0.29) is 11.5 Å². The van der Waals surface area contributed by atoms with E-state index in [0.717, 1.165) is 9.35 Å². The van der Waals surface area contributed by atoms with Gasteiger partial charge in [0.25, 0.3) is 0 Å². The summed E-state index contributed by atoms with van der Waals surface area (Å²) in [6.07, 6.45) is 3.26. The molecule has 1 aromatic heterocycles. The monoisotopic (exact) mass is 399 g/mol. The lowest BCUT2D eigenvalue weighted by Gasteiger charge is -2.05. The highest BCUT2D eigenvalue weighted by molar-refractivity contribution is 9.10. The molecule has 2 aromatic rings. The molecule has 4 nitrogen and oxygen atoms in total.